The Hall–Kier alpha value is -0.950. The van der Waals surface area contributed by atoms with Crippen molar-refractivity contribution >= 4 is 17.2 Å². The smallest absolute Gasteiger partial charge is 0.239 e. The number of carbonyl (C=O) groups is 1. The summed E-state index contributed by atoms with van der Waals surface area (Å²) in [5.41, 5.74) is 6.20. The second-order valence-electron chi connectivity index (χ2n) is 5.63. The molecule has 6 heteroatoms. The number of thiophene rings is 1. The minimum atomic E-state index is -0.406. The van der Waals surface area contributed by atoms with E-state index in [1.807, 2.05) is 16.3 Å². The maximum atomic E-state index is 12.6. The fraction of sp³-hybridized carbons (Fsp3) is 0.667. The first-order valence-electron chi connectivity index (χ1n) is 7.53. The molecule has 0 radical (unpaired) electrons. The Balaban J connectivity index is 1.61. The van der Waals surface area contributed by atoms with Gasteiger partial charge in [0.1, 0.15) is 6.10 Å². The van der Waals surface area contributed by atoms with Gasteiger partial charge in [-0.3, -0.25) is 4.79 Å². The fourth-order valence-corrected chi connectivity index (χ4v) is 3.75. The first-order valence-corrected chi connectivity index (χ1v) is 8.41. The molecule has 0 saturated carbocycles. The molecule has 2 aliphatic heterocycles. The standard InChI is InChI=1S/C15H22N2O3S/c16-14(11-3-6-19-7-4-11)15(18)17-5-8-20-12(10-17)13-2-1-9-21-13/h1-2,9,11-12,14H,3-8,10,16H2. The Kier molecular flexibility index (Phi) is 4.90. The summed E-state index contributed by atoms with van der Waals surface area (Å²) in [4.78, 5) is 15.7. The number of hydrogen-bond acceptors (Lipinski definition) is 5. The molecular weight excluding hydrogens is 288 g/mol. The van der Waals surface area contributed by atoms with Crippen molar-refractivity contribution in [2.45, 2.75) is 25.0 Å². The van der Waals surface area contributed by atoms with Gasteiger partial charge in [0.05, 0.1) is 19.2 Å². The zero-order chi connectivity index (χ0) is 14.7. The minimum absolute atomic E-state index is 0.00964. The van der Waals surface area contributed by atoms with Crippen LogP contribution in [0, 0.1) is 5.92 Å². The summed E-state index contributed by atoms with van der Waals surface area (Å²) in [6.45, 7) is 3.25. The van der Waals surface area contributed by atoms with Crippen LogP contribution in [0.2, 0.25) is 0 Å². The van der Waals surface area contributed by atoms with Crippen LogP contribution < -0.4 is 5.73 Å². The molecule has 2 unspecified atom stereocenters. The van der Waals surface area contributed by atoms with E-state index < -0.39 is 6.04 Å². The summed E-state index contributed by atoms with van der Waals surface area (Å²) in [7, 11) is 0. The number of ether oxygens (including phenoxy) is 2. The van der Waals surface area contributed by atoms with Gasteiger partial charge in [-0.05, 0) is 30.2 Å². The van der Waals surface area contributed by atoms with Crippen molar-refractivity contribution < 1.29 is 14.3 Å². The van der Waals surface area contributed by atoms with E-state index in [-0.39, 0.29) is 17.9 Å². The van der Waals surface area contributed by atoms with Crippen LogP contribution in [0.25, 0.3) is 0 Å². The lowest BCUT2D eigenvalue weighted by Gasteiger charge is -2.36. The quantitative estimate of drug-likeness (QED) is 0.916. The number of hydrogen-bond donors (Lipinski definition) is 1. The summed E-state index contributed by atoms with van der Waals surface area (Å²) in [5.74, 6) is 0.307. The third kappa shape index (κ3) is 3.45. The van der Waals surface area contributed by atoms with Gasteiger partial charge < -0.3 is 20.1 Å². The molecule has 0 spiro atoms. The highest BCUT2D eigenvalue weighted by Gasteiger charge is 2.33. The molecule has 116 valence electrons. The summed E-state index contributed by atoms with van der Waals surface area (Å²) in [6, 6.07) is 3.66. The van der Waals surface area contributed by atoms with Crippen LogP contribution in [-0.4, -0.2) is 49.8 Å². The molecule has 3 rings (SSSR count). The number of nitrogens with two attached hydrogens (primary N) is 1. The summed E-state index contributed by atoms with van der Waals surface area (Å²) >= 11 is 1.67. The molecule has 0 aromatic carbocycles. The first-order chi connectivity index (χ1) is 10.3. The molecule has 1 aromatic heterocycles. The Bertz CT molecular complexity index is 459. The van der Waals surface area contributed by atoms with Crippen molar-refractivity contribution in [3.8, 4) is 0 Å². The lowest BCUT2D eigenvalue weighted by Crippen LogP contribution is -2.52. The molecule has 0 aliphatic carbocycles. The largest absolute Gasteiger partial charge is 0.381 e. The predicted molar refractivity (Wildman–Crippen MR) is 81.1 cm³/mol. The Morgan fingerprint density at radius 2 is 2.19 bits per heavy atom. The normalized spacial score (nSPS) is 25.8. The third-order valence-corrected chi connectivity index (χ3v) is 5.26. The van der Waals surface area contributed by atoms with Gasteiger partial charge in [0, 0.05) is 24.6 Å². The summed E-state index contributed by atoms with van der Waals surface area (Å²) in [5, 5.41) is 2.03. The summed E-state index contributed by atoms with van der Waals surface area (Å²) in [6.07, 6.45) is 1.75. The van der Waals surface area contributed by atoms with E-state index >= 15 is 0 Å². The molecule has 0 bridgehead atoms. The van der Waals surface area contributed by atoms with E-state index in [1.54, 1.807) is 11.3 Å². The van der Waals surface area contributed by atoms with Crippen molar-refractivity contribution in [3.05, 3.63) is 22.4 Å². The molecule has 2 fully saturated rings. The van der Waals surface area contributed by atoms with Crippen LogP contribution in [0.1, 0.15) is 23.8 Å². The number of carbonyl (C=O) groups excluding carboxylic acids is 1. The van der Waals surface area contributed by atoms with Gasteiger partial charge in [0.15, 0.2) is 0 Å². The lowest BCUT2D eigenvalue weighted by molar-refractivity contribution is -0.142. The minimum Gasteiger partial charge on any atom is -0.381 e. The third-order valence-electron chi connectivity index (χ3n) is 4.30. The van der Waals surface area contributed by atoms with Gasteiger partial charge in [0.25, 0.3) is 0 Å². The maximum Gasteiger partial charge on any atom is 0.239 e. The van der Waals surface area contributed by atoms with Crippen molar-refractivity contribution in [3.63, 3.8) is 0 Å². The van der Waals surface area contributed by atoms with Crippen LogP contribution in [0.3, 0.4) is 0 Å². The zero-order valence-electron chi connectivity index (χ0n) is 12.1. The van der Waals surface area contributed by atoms with E-state index in [2.05, 4.69) is 6.07 Å². The maximum absolute atomic E-state index is 12.6. The van der Waals surface area contributed by atoms with Crippen LogP contribution in [-0.2, 0) is 14.3 Å². The molecule has 1 aromatic rings. The SMILES string of the molecule is NC(C(=O)N1CCOC(c2cccs2)C1)C1CCOCC1. The first kappa shape index (κ1) is 15.0. The molecule has 2 N–H and O–H groups in total. The van der Waals surface area contributed by atoms with Gasteiger partial charge in [-0.15, -0.1) is 11.3 Å². The van der Waals surface area contributed by atoms with E-state index in [1.165, 1.54) is 4.88 Å². The molecule has 3 heterocycles. The molecular formula is C15H22N2O3S. The van der Waals surface area contributed by atoms with E-state index in [0.29, 0.717) is 32.9 Å². The predicted octanol–water partition coefficient (Wildman–Crippen LogP) is 1.40. The number of rotatable bonds is 3. The van der Waals surface area contributed by atoms with Gasteiger partial charge in [-0.25, -0.2) is 0 Å². The Morgan fingerprint density at radius 3 is 2.90 bits per heavy atom. The van der Waals surface area contributed by atoms with E-state index in [4.69, 9.17) is 15.2 Å². The second kappa shape index (κ2) is 6.87. The molecule has 21 heavy (non-hydrogen) atoms. The Morgan fingerprint density at radius 1 is 1.38 bits per heavy atom. The highest BCUT2D eigenvalue weighted by molar-refractivity contribution is 7.10. The topological polar surface area (TPSA) is 64.8 Å². The molecule has 2 aliphatic rings. The Labute approximate surface area is 129 Å². The molecule has 2 atom stereocenters. The molecule has 1 amide bonds. The monoisotopic (exact) mass is 310 g/mol. The fourth-order valence-electron chi connectivity index (χ4n) is 2.98. The van der Waals surface area contributed by atoms with Crippen LogP contribution >= 0.6 is 11.3 Å². The van der Waals surface area contributed by atoms with Gasteiger partial charge in [0.2, 0.25) is 5.91 Å². The van der Waals surface area contributed by atoms with Gasteiger partial charge in [-0.2, -0.15) is 0 Å². The number of nitrogens with zero attached hydrogens (tertiary/aromatic N) is 1. The average molecular weight is 310 g/mol. The van der Waals surface area contributed by atoms with E-state index in [0.717, 1.165) is 12.8 Å². The van der Waals surface area contributed by atoms with Crippen molar-refractivity contribution in [1.29, 1.82) is 0 Å². The lowest BCUT2D eigenvalue weighted by atomic mass is 9.91. The van der Waals surface area contributed by atoms with Crippen molar-refractivity contribution in [2.24, 2.45) is 11.7 Å². The zero-order valence-corrected chi connectivity index (χ0v) is 12.9. The van der Waals surface area contributed by atoms with Gasteiger partial charge in [-0.1, -0.05) is 6.07 Å². The summed E-state index contributed by atoms with van der Waals surface area (Å²) < 4.78 is 11.1. The van der Waals surface area contributed by atoms with Crippen molar-refractivity contribution in [1.82, 2.24) is 4.90 Å². The second-order valence-corrected chi connectivity index (χ2v) is 6.61. The molecule has 2 saturated heterocycles. The average Bonchev–Trinajstić information content (AvgIpc) is 3.09. The highest BCUT2D eigenvalue weighted by atomic mass is 32.1. The van der Waals surface area contributed by atoms with Crippen LogP contribution in [0.4, 0.5) is 0 Å². The van der Waals surface area contributed by atoms with Crippen molar-refractivity contribution in [2.75, 3.05) is 32.9 Å². The van der Waals surface area contributed by atoms with Crippen LogP contribution in [0.15, 0.2) is 17.5 Å². The highest BCUT2D eigenvalue weighted by Crippen LogP contribution is 2.27. The molecule has 5 nitrogen and oxygen atoms in total. The number of amides is 1. The van der Waals surface area contributed by atoms with Gasteiger partial charge >= 0.3 is 0 Å². The van der Waals surface area contributed by atoms with E-state index in [9.17, 15) is 4.79 Å². The van der Waals surface area contributed by atoms with Crippen LogP contribution in [0.5, 0.6) is 0 Å². The number of morpholine rings is 1.